The van der Waals surface area contributed by atoms with E-state index in [1.807, 2.05) is 11.8 Å². The largest absolute Gasteiger partial charge is 0.480 e. The van der Waals surface area contributed by atoms with Crippen LogP contribution in [0.5, 0.6) is 0 Å². The Morgan fingerprint density at radius 3 is 2.69 bits per heavy atom. The van der Waals surface area contributed by atoms with E-state index in [2.05, 4.69) is 5.32 Å². The number of carboxylic acids is 1. The third-order valence-corrected chi connectivity index (χ3v) is 6.45. The average Bonchev–Trinajstić information content (AvgIpc) is 2.97. The number of aryl methyl sites for hydroxylation is 2. The number of carbonyl (C=O) groups excluding carboxylic acids is 1. The van der Waals surface area contributed by atoms with Crippen LogP contribution in [-0.4, -0.2) is 64.1 Å². The van der Waals surface area contributed by atoms with Gasteiger partial charge < -0.3 is 15.3 Å². The number of amides is 2. The Hall–Kier alpha value is -1.67. The zero-order valence-electron chi connectivity index (χ0n) is 15.5. The molecular weight excluding hydrogens is 352 g/mol. The van der Waals surface area contributed by atoms with Crippen LogP contribution in [0.4, 0.5) is 4.79 Å². The Kier molecular flexibility index (Phi) is 6.13. The molecule has 1 saturated carbocycles. The number of carboxylic acid groups (broad SMARTS) is 1. The molecule has 8 heteroatoms. The number of fused-ring (bicyclic) bond motifs is 1. The zero-order chi connectivity index (χ0) is 18.7. The molecule has 1 aromatic rings. The van der Waals surface area contributed by atoms with Gasteiger partial charge in [-0.05, 0) is 45.1 Å². The van der Waals surface area contributed by atoms with Crippen molar-refractivity contribution in [2.45, 2.75) is 64.1 Å². The van der Waals surface area contributed by atoms with E-state index in [1.54, 1.807) is 23.3 Å². The Morgan fingerprint density at radius 1 is 1.31 bits per heavy atom. The fraction of sp³-hybridized carbons (Fsp3) is 0.722. The van der Waals surface area contributed by atoms with Gasteiger partial charge in [0.25, 0.3) is 0 Å². The first-order valence-corrected chi connectivity index (χ1v) is 10.2. The smallest absolute Gasteiger partial charge is 0.317 e. The molecule has 0 bridgehead atoms. The first-order chi connectivity index (χ1) is 12.5. The summed E-state index contributed by atoms with van der Waals surface area (Å²) in [4.78, 5) is 33.0. The number of thiazole rings is 1. The van der Waals surface area contributed by atoms with E-state index in [0.29, 0.717) is 13.1 Å². The van der Waals surface area contributed by atoms with Crippen LogP contribution in [0.15, 0.2) is 0 Å². The van der Waals surface area contributed by atoms with Crippen molar-refractivity contribution >= 4 is 23.3 Å². The van der Waals surface area contributed by atoms with Gasteiger partial charge in [0.05, 0.1) is 18.8 Å². The van der Waals surface area contributed by atoms with Gasteiger partial charge in [-0.25, -0.2) is 9.78 Å². The first kappa shape index (κ1) is 19.1. The number of nitrogens with one attached hydrogen (secondary N) is 1. The van der Waals surface area contributed by atoms with Gasteiger partial charge in [0.2, 0.25) is 0 Å². The number of urea groups is 1. The predicted octanol–water partition coefficient (Wildman–Crippen LogP) is 2.10. The van der Waals surface area contributed by atoms with Gasteiger partial charge in [0.1, 0.15) is 5.01 Å². The summed E-state index contributed by atoms with van der Waals surface area (Å²) in [6.45, 7) is 3.29. The van der Waals surface area contributed by atoms with Gasteiger partial charge in [0.15, 0.2) is 0 Å². The van der Waals surface area contributed by atoms with Gasteiger partial charge in [0, 0.05) is 24.0 Å². The Balaban J connectivity index is 1.44. The molecule has 2 aliphatic carbocycles. The van der Waals surface area contributed by atoms with Crippen LogP contribution >= 0.6 is 11.3 Å². The number of aromatic nitrogens is 1. The van der Waals surface area contributed by atoms with Crippen molar-refractivity contribution < 1.29 is 14.7 Å². The van der Waals surface area contributed by atoms with Crippen molar-refractivity contribution in [2.24, 2.45) is 0 Å². The highest BCUT2D eigenvalue weighted by molar-refractivity contribution is 7.11. The van der Waals surface area contributed by atoms with E-state index < -0.39 is 5.97 Å². The lowest BCUT2D eigenvalue weighted by molar-refractivity contribution is -0.139. The molecule has 0 atom stereocenters. The number of carbonyl (C=O) groups is 2. The molecule has 144 valence electrons. The maximum absolute atomic E-state index is 12.4. The number of hydrogen-bond donors (Lipinski definition) is 2. The molecule has 2 aliphatic rings. The summed E-state index contributed by atoms with van der Waals surface area (Å²) < 4.78 is 0. The first-order valence-electron chi connectivity index (χ1n) is 9.41. The number of hydrogen-bond acceptors (Lipinski definition) is 5. The Bertz CT molecular complexity index is 633. The monoisotopic (exact) mass is 380 g/mol. The summed E-state index contributed by atoms with van der Waals surface area (Å²) >= 11 is 1.74. The van der Waals surface area contributed by atoms with Crippen LogP contribution in [0.2, 0.25) is 0 Å². The average molecular weight is 381 g/mol. The molecule has 1 aromatic heterocycles. The van der Waals surface area contributed by atoms with Crippen LogP contribution in [0.1, 0.15) is 48.2 Å². The quantitative estimate of drug-likeness (QED) is 0.757. The molecule has 7 nitrogen and oxygen atoms in total. The maximum atomic E-state index is 12.4. The number of rotatable bonds is 7. The molecule has 26 heavy (non-hydrogen) atoms. The second-order valence-electron chi connectivity index (χ2n) is 7.27. The van der Waals surface area contributed by atoms with E-state index in [9.17, 15) is 9.59 Å². The lowest BCUT2D eigenvalue weighted by Gasteiger charge is -2.42. The summed E-state index contributed by atoms with van der Waals surface area (Å²) in [5.41, 5.74) is 1.23. The highest BCUT2D eigenvalue weighted by Crippen LogP contribution is 2.28. The molecule has 0 unspecified atom stereocenters. The number of nitrogens with zero attached hydrogens (tertiary/aromatic N) is 3. The van der Waals surface area contributed by atoms with Crippen LogP contribution in [-0.2, 0) is 24.2 Å². The van der Waals surface area contributed by atoms with E-state index in [4.69, 9.17) is 10.1 Å². The fourth-order valence-electron chi connectivity index (χ4n) is 3.71. The van der Waals surface area contributed by atoms with Crippen molar-refractivity contribution in [3.8, 4) is 0 Å². The van der Waals surface area contributed by atoms with Crippen LogP contribution < -0.4 is 5.32 Å². The second-order valence-corrected chi connectivity index (χ2v) is 8.44. The summed E-state index contributed by atoms with van der Waals surface area (Å²) in [7, 11) is 1.80. The summed E-state index contributed by atoms with van der Waals surface area (Å²) in [5, 5.41) is 13.0. The van der Waals surface area contributed by atoms with Crippen molar-refractivity contribution in [3.63, 3.8) is 0 Å². The summed E-state index contributed by atoms with van der Waals surface area (Å²) in [5.74, 6) is -0.801. The lowest BCUT2D eigenvalue weighted by Crippen LogP contribution is -2.56. The number of likely N-dealkylation sites (N-methyl/N-ethyl adjacent to an activating group) is 1. The Morgan fingerprint density at radius 2 is 2.04 bits per heavy atom. The minimum atomic E-state index is -0.801. The predicted molar refractivity (Wildman–Crippen MR) is 100 cm³/mol. The molecule has 0 radical (unpaired) electrons. The maximum Gasteiger partial charge on any atom is 0.317 e. The standard InChI is InChI=1S/C18H28N4O3S/c1-3-22(11-17(23)24)13-8-12(9-13)19-18(25)21(2)10-16-20-14-6-4-5-7-15(14)26-16/h12-13H,3-11H2,1-2H3,(H,19,25)(H,23,24). The van der Waals surface area contributed by atoms with E-state index in [-0.39, 0.29) is 24.7 Å². The van der Waals surface area contributed by atoms with Crippen LogP contribution in [0, 0.1) is 0 Å². The van der Waals surface area contributed by atoms with E-state index >= 15 is 0 Å². The highest BCUT2D eigenvalue weighted by Gasteiger charge is 2.35. The van der Waals surface area contributed by atoms with Gasteiger partial charge in [-0.15, -0.1) is 11.3 Å². The molecule has 0 spiro atoms. The molecule has 1 fully saturated rings. The molecular formula is C18H28N4O3S. The molecule has 3 rings (SSSR count). The Labute approximate surface area is 158 Å². The topological polar surface area (TPSA) is 85.8 Å². The third-order valence-electron chi connectivity index (χ3n) is 5.31. The van der Waals surface area contributed by atoms with Crippen molar-refractivity contribution in [2.75, 3.05) is 20.1 Å². The molecule has 2 amide bonds. The molecule has 0 aromatic carbocycles. The third kappa shape index (κ3) is 4.54. The van der Waals surface area contributed by atoms with E-state index in [1.165, 1.54) is 23.4 Å². The van der Waals surface area contributed by atoms with Gasteiger partial charge in [-0.1, -0.05) is 6.92 Å². The molecule has 1 heterocycles. The minimum Gasteiger partial charge on any atom is -0.480 e. The van der Waals surface area contributed by atoms with Crippen molar-refractivity contribution in [3.05, 3.63) is 15.6 Å². The zero-order valence-corrected chi connectivity index (χ0v) is 16.3. The van der Waals surface area contributed by atoms with Gasteiger partial charge >= 0.3 is 12.0 Å². The summed E-state index contributed by atoms with van der Waals surface area (Å²) in [6, 6.07) is 0.294. The van der Waals surface area contributed by atoms with Crippen LogP contribution in [0.3, 0.4) is 0 Å². The highest BCUT2D eigenvalue weighted by atomic mass is 32.1. The summed E-state index contributed by atoms with van der Waals surface area (Å²) in [6.07, 6.45) is 6.26. The fourth-order valence-corrected chi connectivity index (χ4v) is 4.92. The second kappa shape index (κ2) is 8.35. The van der Waals surface area contributed by atoms with E-state index in [0.717, 1.165) is 30.7 Å². The van der Waals surface area contributed by atoms with Gasteiger partial charge in [-0.3, -0.25) is 9.69 Å². The van der Waals surface area contributed by atoms with Crippen molar-refractivity contribution in [1.29, 1.82) is 0 Å². The molecule has 0 aliphatic heterocycles. The van der Waals surface area contributed by atoms with Crippen LogP contribution in [0.25, 0.3) is 0 Å². The molecule has 0 saturated heterocycles. The SMILES string of the molecule is CCN(CC(=O)O)C1CC(NC(=O)N(C)Cc2nc3c(s2)CCCC3)C1. The number of aliphatic carboxylic acids is 1. The lowest BCUT2D eigenvalue weighted by atomic mass is 9.85. The van der Waals surface area contributed by atoms with Crippen molar-refractivity contribution in [1.82, 2.24) is 20.1 Å². The molecule has 2 N–H and O–H groups in total. The van der Waals surface area contributed by atoms with Gasteiger partial charge in [-0.2, -0.15) is 0 Å². The normalized spacial score (nSPS) is 21.8. The minimum absolute atomic E-state index is 0.0659.